The molecule has 0 radical (unpaired) electrons. The van der Waals surface area contributed by atoms with Crippen LogP contribution in [0.2, 0.25) is 0 Å². The second-order valence-electron chi connectivity index (χ2n) is 4.21. The van der Waals surface area contributed by atoms with Crippen molar-refractivity contribution in [2.24, 2.45) is 0 Å². The van der Waals surface area contributed by atoms with Gasteiger partial charge in [0, 0.05) is 0 Å². The fourth-order valence-corrected chi connectivity index (χ4v) is 1.75. The van der Waals surface area contributed by atoms with Crippen LogP contribution in [-0.2, 0) is 4.79 Å². The molecule has 0 saturated carbocycles. The van der Waals surface area contributed by atoms with Crippen LogP contribution in [0.4, 0.5) is 0 Å². The second-order valence-corrected chi connectivity index (χ2v) is 4.21. The summed E-state index contributed by atoms with van der Waals surface area (Å²) in [7, 11) is 1.57. The van der Waals surface area contributed by atoms with Crippen molar-refractivity contribution in [1.29, 1.82) is 0 Å². The molecular formula is C13H14N4O4. The van der Waals surface area contributed by atoms with Gasteiger partial charge in [0.25, 0.3) is 5.91 Å². The zero-order valence-electron chi connectivity index (χ0n) is 11.5. The number of carbonyl (C=O) groups excluding carboxylic acids is 1. The maximum absolute atomic E-state index is 11.8. The molecule has 21 heavy (non-hydrogen) atoms. The maximum Gasteiger partial charge on any atom is 0.322 e. The van der Waals surface area contributed by atoms with Crippen LogP contribution in [-0.4, -0.2) is 45.6 Å². The van der Waals surface area contributed by atoms with Gasteiger partial charge in [-0.3, -0.25) is 9.59 Å². The lowest BCUT2D eigenvalue weighted by molar-refractivity contribution is -0.135. The summed E-state index contributed by atoms with van der Waals surface area (Å²) in [6, 6.07) is 7.08. The van der Waals surface area contributed by atoms with Gasteiger partial charge < -0.3 is 15.2 Å². The minimum atomic E-state index is -1.12. The summed E-state index contributed by atoms with van der Waals surface area (Å²) in [5.74, 6) is -0.992. The lowest BCUT2D eigenvalue weighted by atomic mass is 10.2. The van der Waals surface area contributed by atoms with Crippen LogP contribution in [0.25, 0.3) is 5.69 Å². The van der Waals surface area contributed by atoms with E-state index in [1.807, 2.05) is 0 Å². The van der Waals surface area contributed by atoms with Crippen LogP contribution < -0.4 is 10.1 Å². The number of hydrogen-bond donors (Lipinski definition) is 2. The third-order valence-electron chi connectivity index (χ3n) is 2.83. The molecule has 0 atom stereocenters. The summed E-state index contributed by atoms with van der Waals surface area (Å²) < 4.78 is 6.56. The van der Waals surface area contributed by atoms with Gasteiger partial charge in [0.05, 0.1) is 18.5 Å². The van der Waals surface area contributed by atoms with E-state index in [1.54, 1.807) is 38.3 Å². The van der Waals surface area contributed by atoms with E-state index in [-0.39, 0.29) is 5.69 Å². The van der Waals surface area contributed by atoms with Gasteiger partial charge >= 0.3 is 5.97 Å². The van der Waals surface area contributed by atoms with E-state index in [2.05, 4.69) is 15.6 Å². The molecule has 8 heteroatoms. The highest BCUT2D eigenvalue weighted by atomic mass is 16.5. The third kappa shape index (κ3) is 3.16. The van der Waals surface area contributed by atoms with Gasteiger partial charge in [-0.1, -0.05) is 5.21 Å². The molecule has 0 fully saturated rings. The average Bonchev–Trinajstić information content (AvgIpc) is 2.86. The van der Waals surface area contributed by atoms with Crippen molar-refractivity contribution in [3.05, 3.63) is 35.7 Å². The SMILES string of the molecule is COc1ccc(-n2nnc(C(=O)NCC(=O)O)c2C)cc1. The third-order valence-corrected chi connectivity index (χ3v) is 2.83. The first-order valence-corrected chi connectivity index (χ1v) is 6.09. The molecule has 0 spiro atoms. The number of aliphatic carboxylic acids is 1. The zero-order valence-corrected chi connectivity index (χ0v) is 11.5. The van der Waals surface area contributed by atoms with E-state index in [0.717, 1.165) is 5.69 Å². The molecule has 0 bridgehead atoms. The molecule has 2 rings (SSSR count). The summed E-state index contributed by atoms with van der Waals surface area (Å²) in [4.78, 5) is 22.2. The predicted octanol–water partition coefficient (Wildman–Crippen LogP) is 0.399. The molecule has 0 aliphatic rings. The van der Waals surface area contributed by atoms with Gasteiger partial charge in [-0.05, 0) is 31.2 Å². The largest absolute Gasteiger partial charge is 0.497 e. The maximum atomic E-state index is 11.8. The van der Waals surface area contributed by atoms with E-state index in [4.69, 9.17) is 9.84 Å². The van der Waals surface area contributed by atoms with E-state index in [1.165, 1.54) is 4.68 Å². The van der Waals surface area contributed by atoms with Gasteiger partial charge in [0.2, 0.25) is 0 Å². The van der Waals surface area contributed by atoms with E-state index in [0.29, 0.717) is 11.4 Å². The highest BCUT2D eigenvalue weighted by Crippen LogP contribution is 2.16. The van der Waals surface area contributed by atoms with Gasteiger partial charge in [0.15, 0.2) is 5.69 Å². The first-order chi connectivity index (χ1) is 10.0. The Morgan fingerprint density at radius 1 is 1.33 bits per heavy atom. The van der Waals surface area contributed by atoms with Crippen LogP contribution in [0.15, 0.2) is 24.3 Å². The summed E-state index contributed by atoms with van der Waals surface area (Å²) >= 11 is 0. The molecule has 0 aliphatic carbocycles. The summed E-state index contributed by atoms with van der Waals surface area (Å²) in [6.07, 6.45) is 0. The molecule has 2 aromatic rings. The van der Waals surface area contributed by atoms with Crippen LogP contribution in [0.1, 0.15) is 16.2 Å². The van der Waals surface area contributed by atoms with Crippen molar-refractivity contribution in [2.45, 2.75) is 6.92 Å². The zero-order chi connectivity index (χ0) is 15.4. The van der Waals surface area contributed by atoms with Crippen molar-refractivity contribution in [3.63, 3.8) is 0 Å². The monoisotopic (exact) mass is 290 g/mol. The number of nitrogens with zero attached hydrogens (tertiary/aromatic N) is 3. The van der Waals surface area contributed by atoms with Crippen LogP contribution in [0.3, 0.4) is 0 Å². The fraction of sp³-hybridized carbons (Fsp3) is 0.231. The van der Waals surface area contributed by atoms with Crippen molar-refractivity contribution in [1.82, 2.24) is 20.3 Å². The predicted molar refractivity (Wildman–Crippen MR) is 72.6 cm³/mol. The van der Waals surface area contributed by atoms with Crippen molar-refractivity contribution in [2.75, 3.05) is 13.7 Å². The topological polar surface area (TPSA) is 106 Å². The number of carboxylic acid groups (broad SMARTS) is 1. The average molecular weight is 290 g/mol. The highest BCUT2D eigenvalue weighted by molar-refractivity contribution is 5.94. The molecular weight excluding hydrogens is 276 g/mol. The first kappa shape index (κ1) is 14.5. The van der Waals surface area contributed by atoms with E-state index in [9.17, 15) is 9.59 Å². The Balaban J connectivity index is 2.23. The van der Waals surface area contributed by atoms with E-state index < -0.39 is 18.4 Å². The molecule has 8 nitrogen and oxygen atoms in total. The van der Waals surface area contributed by atoms with Gasteiger partial charge in [-0.2, -0.15) is 0 Å². The van der Waals surface area contributed by atoms with Crippen LogP contribution in [0.5, 0.6) is 5.75 Å². The van der Waals surface area contributed by atoms with Crippen LogP contribution >= 0.6 is 0 Å². The number of nitrogens with one attached hydrogen (secondary N) is 1. The first-order valence-electron chi connectivity index (χ1n) is 6.09. The van der Waals surface area contributed by atoms with Crippen molar-refractivity contribution < 1.29 is 19.4 Å². The fourth-order valence-electron chi connectivity index (χ4n) is 1.75. The van der Waals surface area contributed by atoms with Crippen LogP contribution in [0, 0.1) is 6.92 Å². The molecule has 0 saturated heterocycles. The molecule has 2 N–H and O–H groups in total. The number of aromatic nitrogens is 3. The number of benzene rings is 1. The number of carbonyl (C=O) groups is 2. The Morgan fingerprint density at radius 3 is 2.57 bits per heavy atom. The minimum Gasteiger partial charge on any atom is -0.497 e. The molecule has 1 amide bonds. The summed E-state index contributed by atoms with van der Waals surface area (Å²) in [5, 5.41) is 18.5. The smallest absolute Gasteiger partial charge is 0.322 e. The Bertz CT molecular complexity index is 663. The van der Waals surface area contributed by atoms with Crippen molar-refractivity contribution >= 4 is 11.9 Å². The number of hydrogen-bond acceptors (Lipinski definition) is 5. The number of carboxylic acids is 1. The van der Waals surface area contributed by atoms with Gasteiger partial charge in [-0.15, -0.1) is 5.10 Å². The van der Waals surface area contributed by atoms with Gasteiger partial charge in [0.1, 0.15) is 12.3 Å². The standard InChI is InChI=1S/C13H14N4O4/c1-8-12(13(20)14-7-11(18)19)15-16-17(8)9-3-5-10(21-2)6-4-9/h3-6H,7H2,1-2H3,(H,14,20)(H,18,19). The molecule has 0 unspecified atom stereocenters. The second kappa shape index (κ2) is 6.04. The molecule has 1 aromatic heterocycles. The lowest BCUT2D eigenvalue weighted by Gasteiger charge is -2.05. The summed E-state index contributed by atoms with van der Waals surface area (Å²) in [6.45, 7) is 1.22. The number of methoxy groups -OCH3 is 1. The molecule has 110 valence electrons. The highest BCUT2D eigenvalue weighted by Gasteiger charge is 2.17. The van der Waals surface area contributed by atoms with Crippen molar-refractivity contribution in [3.8, 4) is 11.4 Å². The van der Waals surface area contributed by atoms with Gasteiger partial charge in [-0.25, -0.2) is 4.68 Å². The summed E-state index contributed by atoms with van der Waals surface area (Å²) in [5.41, 5.74) is 1.33. The minimum absolute atomic E-state index is 0.0899. The molecule has 0 aliphatic heterocycles. The Hall–Kier alpha value is -2.90. The lowest BCUT2D eigenvalue weighted by Crippen LogP contribution is -2.30. The quantitative estimate of drug-likeness (QED) is 0.825. The number of rotatable bonds is 5. The molecule has 1 heterocycles. The Kier molecular flexibility index (Phi) is 4.17. The van der Waals surface area contributed by atoms with E-state index >= 15 is 0 Å². The number of amides is 1. The normalized spacial score (nSPS) is 10.2. The Morgan fingerprint density at radius 2 is 2.00 bits per heavy atom. The molecule has 1 aromatic carbocycles. The number of ether oxygens (including phenoxy) is 1. The Labute approximate surface area is 120 Å².